The number of aromatic hydroxyl groups is 1. The number of benzene rings is 2. The molecule has 310 valence electrons. The fourth-order valence-corrected chi connectivity index (χ4v) is 6.37. The van der Waals surface area contributed by atoms with Crippen LogP contribution in [0.4, 0.5) is 0 Å². The number of methoxy groups -OCH3 is 1. The highest BCUT2D eigenvalue weighted by atomic mass is 16.7. The van der Waals surface area contributed by atoms with E-state index in [1.165, 1.54) is 19.2 Å². The lowest BCUT2D eigenvalue weighted by Crippen LogP contribution is -2.60. The van der Waals surface area contributed by atoms with Crippen molar-refractivity contribution in [3.63, 3.8) is 0 Å². The van der Waals surface area contributed by atoms with Crippen molar-refractivity contribution in [2.45, 2.75) is 92.1 Å². The standard InChI is InChI=1S/C34H42O22/c1-49-11-5-12(38)19-15(6-11)50-30(31(23(19)42)56-34-29(48)26(45)22(41)18(9-37)55-34)10-2-3-13(51-32-27(46)24(43)20(39)16(7-35)53-32)14(4-10)52-33-28(47)25(44)21(40)17(8-36)54-33/h2-6,16-18,20-22,24-29,32-41,43-48H,7-9H2,1H3/t16-,17-,18-,20-,21-,22-,24-,25-,26-,27-,28-,29-,32-,33-,34-/m0/s1. The van der Waals surface area contributed by atoms with Crippen LogP contribution < -0.4 is 24.4 Å². The Kier molecular flexibility index (Phi) is 12.6. The number of phenolic OH excluding ortho intramolecular Hbond substituents is 1. The molecule has 0 bridgehead atoms. The molecule has 0 aliphatic carbocycles. The summed E-state index contributed by atoms with van der Waals surface area (Å²) in [6, 6.07) is 5.74. The molecule has 3 saturated heterocycles. The number of hydrogen-bond donors (Lipinski definition) is 13. The average Bonchev–Trinajstić information content (AvgIpc) is 3.19. The third-order valence-corrected chi connectivity index (χ3v) is 9.61. The lowest BCUT2D eigenvalue weighted by atomic mass is 9.99. The van der Waals surface area contributed by atoms with Gasteiger partial charge < -0.3 is 104 Å². The highest BCUT2D eigenvalue weighted by Gasteiger charge is 2.48. The fraction of sp³-hybridized carbons (Fsp3) is 0.559. The van der Waals surface area contributed by atoms with Crippen LogP contribution in [0, 0.1) is 0 Å². The number of phenols is 1. The van der Waals surface area contributed by atoms with E-state index in [9.17, 15) is 71.2 Å². The number of rotatable bonds is 11. The Morgan fingerprint density at radius 3 is 1.52 bits per heavy atom. The predicted octanol–water partition coefficient (Wildman–Crippen LogP) is -5.29. The Labute approximate surface area is 314 Å². The largest absolute Gasteiger partial charge is 0.507 e. The van der Waals surface area contributed by atoms with Crippen LogP contribution in [0.25, 0.3) is 22.3 Å². The van der Waals surface area contributed by atoms with Crippen molar-refractivity contribution in [3.8, 4) is 40.1 Å². The summed E-state index contributed by atoms with van der Waals surface area (Å²) in [6.45, 7) is -2.49. The molecule has 56 heavy (non-hydrogen) atoms. The van der Waals surface area contributed by atoms with E-state index in [1.54, 1.807) is 0 Å². The number of aliphatic hydroxyl groups excluding tert-OH is 12. The predicted molar refractivity (Wildman–Crippen MR) is 179 cm³/mol. The van der Waals surface area contributed by atoms with Gasteiger partial charge in [0.1, 0.15) is 95.7 Å². The lowest BCUT2D eigenvalue weighted by Gasteiger charge is -2.41. The molecule has 15 atom stereocenters. The Hall–Kier alpha value is -3.95. The van der Waals surface area contributed by atoms with Gasteiger partial charge in [0.25, 0.3) is 0 Å². The van der Waals surface area contributed by atoms with Gasteiger partial charge in [-0.2, -0.15) is 0 Å². The first-order valence-electron chi connectivity index (χ1n) is 17.1. The summed E-state index contributed by atoms with van der Waals surface area (Å²) in [5.41, 5.74) is -1.51. The molecule has 0 saturated carbocycles. The maximum Gasteiger partial charge on any atom is 0.239 e. The number of hydrogen-bond acceptors (Lipinski definition) is 22. The van der Waals surface area contributed by atoms with Gasteiger partial charge in [-0.25, -0.2) is 0 Å². The van der Waals surface area contributed by atoms with Gasteiger partial charge >= 0.3 is 0 Å². The molecular weight excluding hydrogens is 760 g/mol. The molecule has 2 aromatic carbocycles. The topological polar surface area (TPSA) is 358 Å². The summed E-state index contributed by atoms with van der Waals surface area (Å²) in [7, 11) is 1.27. The molecule has 22 nitrogen and oxygen atoms in total. The summed E-state index contributed by atoms with van der Waals surface area (Å²) in [6.07, 6.45) is -26.9. The highest BCUT2D eigenvalue weighted by Crippen LogP contribution is 2.42. The minimum Gasteiger partial charge on any atom is -0.507 e. The summed E-state index contributed by atoms with van der Waals surface area (Å²) in [5, 5.41) is 134. The molecule has 3 fully saturated rings. The second-order valence-electron chi connectivity index (χ2n) is 13.2. The third kappa shape index (κ3) is 7.70. The van der Waals surface area contributed by atoms with Crippen LogP contribution in [-0.2, 0) is 14.2 Å². The van der Waals surface area contributed by atoms with E-state index in [0.29, 0.717) is 0 Å². The number of ether oxygens (including phenoxy) is 7. The van der Waals surface area contributed by atoms with Crippen LogP contribution in [0.15, 0.2) is 39.5 Å². The second kappa shape index (κ2) is 16.9. The van der Waals surface area contributed by atoms with E-state index in [-0.39, 0.29) is 22.6 Å². The van der Waals surface area contributed by atoms with Gasteiger partial charge in [0.15, 0.2) is 17.3 Å². The maximum absolute atomic E-state index is 14.1. The van der Waals surface area contributed by atoms with Crippen LogP contribution in [0.5, 0.6) is 28.7 Å². The van der Waals surface area contributed by atoms with Crippen LogP contribution in [0.1, 0.15) is 0 Å². The SMILES string of the molecule is COc1cc(O)c2c(=O)c(O[C@@H]3O[C@@H](CO)[C@H](O)[C@H](O)[C@@H]3O)c(-c3ccc(O[C@H]4O[C@@H](CO)[C@H](O)[C@H](O)[C@@H]4O)c(O[C@H]4O[C@@H](CO)[C@H](O)[C@H](O)[C@@H]4O)c3)oc2c1. The average molecular weight is 803 g/mol. The molecule has 0 radical (unpaired) electrons. The van der Waals surface area contributed by atoms with E-state index in [2.05, 4.69) is 0 Å². The van der Waals surface area contributed by atoms with Crippen LogP contribution in [-0.4, -0.2) is 185 Å². The second-order valence-corrected chi connectivity index (χ2v) is 13.2. The molecule has 0 spiro atoms. The molecule has 3 aromatic rings. The van der Waals surface area contributed by atoms with E-state index in [0.717, 1.165) is 18.2 Å². The zero-order valence-electron chi connectivity index (χ0n) is 29.2. The van der Waals surface area contributed by atoms with E-state index in [4.69, 9.17) is 37.6 Å². The summed E-state index contributed by atoms with van der Waals surface area (Å²) in [4.78, 5) is 14.1. The van der Waals surface area contributed by atoms with Gasteiger partial charge in [-0.3, -0.25) is 4.79 Å². The van der Waals surface area contributed by atoms with Crippen LogP contribution in [0.3, 0.4) is 0 Å². The maximum atomic E-state index is 14.1. The molecule has 22 heteroatoms. The van der Waals surface area contributed by atoms with Crippen molar-refractivity contribution in [3.05, 3.63) is 40.6 Å². The Bertz CT molecular complexity index is 1880. The van der Waals surface area contributed by atoms with Crippen molar-refractivity contribution in [2.75, 3.05) is 26.9 Å². The Morgan fingerprint density at radius 1 is 0.589 bits per heavy atom. The van der Waals surface area contributed by atoms with E-state index >= 15 is 0 Å². The van der Waals surface area contributed by atoms with Crippen molar-refractivity contribution in [2.24, 2.45) is 0 Å². The molecule has 3 aliphatic heterocycles. The van der Waals surface area contributed by atoms with Gasteiger partial charge in [-0.15, -0.1) is 0 Å². The van der Waals surface area contributed by atoms with E-state index in [1.807, 2.05) is 0 Å². The first kappa shape index (κ1) is 41.7. The molecular formula is C34H42O22. The first-order valence-corrected chi connectivity index (χ1v) is 17.1. The van der Waals surface area contributed by atoms with Gasteiger partial charge in [-0.1, -0.05) is 0 Å². The minimum absolute atomic E-state index is 0.0432. The van der Waals surface area contributed by atoms with Crippen LogP contribution >= 0.6 is 0 Å². The molecule has 4 heterocycles. The Morgan fingerprint density at radius 2 is 1.05 bits per heavy atom. The smallest absolute Gasteiger partial charge is 0.239 e. The Balaban J connectivity index is 1.50. The zero-order valence-corrected chi connectivity index (χ0v) is 29.2. The lowest BCUT2D eigenvalue weighted by molar-refractivity contribution is -0.282. The number of aliphatic hydroxyl groups is 12. The molecule has 1 aromatic heterocycles. The van der Waals surface area contributed by atoms with Crippen molar-refractivity contribution < 1.29 is 104 Å². The first-order chi connectivity index (χ1) is 26.6. The van der Waals surface area contributed by atoms with E-state index < -0.39 is 146 Å². The molecule has 0 unspecified atom stereocenters. The zero-order chi connectivity index (χ0) is 40.7. The third-order valence-electron chi connectivity index (χ3n) is 9.61. The van der Waals surface area contributed by atoms with Gasteiger partial charge in [-0.05, 0) is 18.2 Å². The minimum atomic E-state index is -2.01. The highest BCUT2D eigenvalue weighted by molar-refractivity contribution is 5.88. The monoisotopic (exact) mass is 802 g/mol. The van der Waals surface area contributed by atoms with Crippen molar-refractivity contribution in [1.29, 1.82) is 0 Å². The summed E-state index contributed by atoms with van der Waals surface area (Å²) in [5.74, 6) is -2.71. The van der Waals surface area contributed by atoms with Gasteiger partial charge in [0.05, 0.1) is 26.9 Å². The molecule has 0 amide bonds. The van der Waals surface area contributed by atoms with Gasteiger partial charge in [0.2, 0.25) is 30.0 Å². The van der Waals surface area contributed by atoms with Crippen molar-refractivity contribution in [1.82, 2.24) is 0 Å². The molecule has 3 aliphatic rings. The molecule has 13 N–H and O–H groups in total. The van der Waals surface area contributed by atoms with Gasteiger partial charge in [0, 0.05) is 17.7 Å². The number of fused-ring (bicyclic) bond motifs is 1. The quantitative estimate of drug-likeness (QED) is 0.0861. The normalized spacial score (nSPS) is 36.3. The summed E-state index contributed by atoms with van der Waals surface area (Å²) < 4.78 is 45.0. The fourth-order valence-electron chi connectivity index (χ4n) is 6.37. The van der Waals surface area contributed by atoms with Crippen LogP contribution in [0.2, 0.25) is 0 Å². The molecule has 6 rings (SSSR count). The summed E-state index contributed by atoms with van der Waals surface area (Å²) >= 11 is 0. The van der Waals surface area contributed by atoms with Crippen molar-refractivity contribution >= 4 is 11.0 Å².